The van der Waals surface area contributed by atoms with E-state index in [0.29, 0.717) is 5.56 Å². The maximum Gasteiger partial charge on any atom is 0.335 e. The van der Waals surface area contributed by atoms with E-state index in [0.717, 1.165) is 15.7 Å². The van der Waals surface area contributed by atoms with E-state index in [1.807, 2.05) is 54.6 Å². The van der Waals surface area contributed by atoms with Crippen LogP contribution in [0.5, 0.6) is 0 Å². The van der Waals surface area contributed by atoms with Crippen molar-refractivity contribution in [1.29, 1.82) is 0 Å². The number of hydrogen-bond donors (Lipinski definition) is 2. The Bertz CT molecular complexity index is 922. The standard InChI is InChI=1S/C22H18BrNO3/c23-18-10-6-15(7-11-18)20(14-21(25)16-4-2-1-3-5-16)24-19-12-8-17(9-13-19)22(26)27/h1-13,20,24H,14H2,(H,26,27). The fraction of sp³-hybridized carbons (Fsp3) is 0.0909. The lowest BCUT2D eigenvalue weighted by molar-refractivity contribution is 0.0696. The van der Waals surface area contributed by atoms with Crippen LogP contribution in [-0.2, 0) is 0 Å². The number of rotatable bonds is 7. The van der Waals surface area contributed by atoms with E-state index in [9.17, 15) is 9.59 Å². The van der Waals surface area contributed by atoms with Gasteiger partial charge in [-0.3, -0.25) is 4.79 Å². The average Bonchev–Trinajstić information content (AvgIpc) is 2.69. The molecule has 1 unspecified atom stereocenters. The fourth-order valence-corrected chi connectivity index (χ4v) is 3.05. The van der Waals surface area contributed by atoms with E-state index < -0.39 is 5.97 Å². The van der Waals surface area contributed by atoms with Crippen molar-refractivity contribution in [2.75, 3.05) is 5.32 Å². The molecule has 3 aromatic carbocycles. The molecule has 1 atom stereocenters. The number of carbonyl (C=O) groups excluding carboxylic acids is 1. The third kappa shape index (κ3) is 5.05. The van der Waals surface area contributed by atoms with Gasteiger partial charge in [0.25, 0.3) is 0 Å². The highest BCUT2D eigenvalue weighted by molar-refractivity contribution is 9.10. The molecule has 0 bridgehead atoms. The van der Waals surface area contributed by atoms with Crippen LogP contribution in [0.15, 0.2) is 83.3 Å². The highest BCUT2D eigenvalue weighted by Gasteiger charge is 2.17. The summed E-state index contributed by atoms with van der Waals surface area (Å²) in [7, 11) is 0. The molecule has 0 aliphatic carbocycles. The maximum absolute atomic E-state index is 12.7. The van der Waals surface area contributed by atoms with E-state index >= 15 is 0 Å². The molecule has 0 aromatic heterocycles. The van der Waals surface area contributed by atoms with E-state index in [-0.39, 0.29) is 23.8 Å². The molecule has 4 nitrogen and oxygen atoms in total. The summed E-state index contributed by atoms with van der Waals surface area (Å²) in [5.41, 5.74) is 2.63. The molecule has 0 aliphatic rings. The molecule has 3 rings (SSSR count). The first kappa shape index (κ1) is 18.9. The fourth-order valence-electron chi connectivity index (χ4n) is 2.78. The average molecular weight is 424 g/mol. The van der Waals surface area contributed by atoms with Crippen molar-refractivity contribution < 1.29 is 14.7 Å². The monoisotopic (exact) mass is 423 g/mol. The second-order valence-electron chi connectivity index (χ2n) is 6.12. The van der Waals surface area contributed by atoms with Crippen LogP contribution in [0.3, 0.4) is 0 Å². The number of halogens is 1. The first-order chi connectivity index (χ1) is 13.0. The van der Waals surface area contributed by atoms with E-state index in [1.165, 1.54) is 0 Å². The quantitative estimate of drug-likeness (QED) is 0.487. The minimum Gasteiger partial charge on any atom is -0.478 e. The van der Waals surface area contributed by atoms with Crippen molar-refractivity contribution in [2.24, 2.45) is 0 Å². The van der Waals surface area contributed by atoms with Gasteiger partial charge in [-0.1, -0.05) is 58.4 Å². The molecule has 5 heteroatoms. The molecule has 0 heterocycles. The van der Waals surface area contributed by atoms with E-state index in [2.05, 4.69) is 21.2 Å². The normalized spacial score (nSPS) is 11.6. The van der Waals surface area contributed by atoms with Crippen LogP contribution in [0.2, 0.25) is 0 Å². The van der Waals surface area contributed by atoms with Gasteiger partial charge in [0.05, 0.1) is 11.6 Å². The van der Waals surface area contributed by atoms with Crippen molar-refractivity contribution in [2.45, 2.75) is 12.5 Å². The van der Waals surface area contributed by atoms with Crippen molar-refractivity contribution in [3.63, 3.8) is 0 Å². The van der Waals surface area contributed by atoms with Crippen molar-refractivity contribution in [3.8, 4) is 0 Å². The summed E-state index contributed by atoms with van der Waals surface area (Å²) < 4.78 is 0.963. The number of hydrogen-bond acceptors (Lipinski definition) is 3. The zero-order valence-corrected chi connectivity index (χ0v) is 16.0. The second-order valence-corrected chi connectivity index (χ2v) is 7.04. The Morgan fingerprint density at radius 3 is 2.07 bits per heavy atom. The molecule has 0 saturated carbocycles. The van der Waals surface area contributed by atoms with Crippen LogP contribution in [0.4, 0.5) is 5.69 Å². The van der Waals surface area contributed by atoms with Crippen LogP contribution in [0, 0.1) is 0 Å². The molecule has 3 aromatic rings. The first-order valence-corrected chi connectivity index (χ1v) is 9.26. The zero-order chi connectivity index (χ0) is 19.2. The number of carboxylic acids is 1. The minimum atomic E-state index is -0.967. The van der Waals surface area contributed by atoms with Gasteiger partial charge in [-0.25, -0.2) is 4.79 Å². The van der Waals surface area contributed by atoms with Crippen molar-refractivity contribution >= 4 is 33.4 Å². The van der Waals surface area contributed by atoms with Gasteiger partial charge in [0, 0.05) is 22.1 Å². The third-order valence-corrected chi connectivity index (χ3v) is 4.76. The number of ketones is 1. The summed E-state index contributed by atoms with van der Waals surface area (Å²) in [6, 6.07) is 23.3. The smallest absolute Gasteiger partial charge is 0.335 e. The largest absolute Gasteiger partial charge is 0.478 e. The molecule has 0 amide bonds. The minimum absolute atomic E-state index is 0.0400. The Morgan fingerprint density at radius 1 is 0.852 bits per heavy atom. The number of Topliss-reactive ketones (excluding diaryl/α,β-unsaturated/α-hetero) is 1. The Kier molecular flexibility index (Phi) is 6.04. The van der Waals surface area contributed by atoms with E-state index in [4.69, 9.17) is 5.11 Å². The molecular weight excluding hydrogens is 406 g/mol. The number of aromatic carboxylic acids is 1. The van der Waals surface area contributed by atoms with Gasteiger partial charge in [0.1, 0.15) is 0 Å². The Hall–Kier alpha value is -2.92. The summed E-state index contributed by atoms with van der Waals surface area (Å²) >= 11 is 3.43. The van der Waals surface area contributed by atoms with Crippen LogP contribution in [-0.4, -0.2) is 16.9 Å². The zero-order valence-electron chi connectivity index (χ0n) is 14.4. The van der Waals surface area contributed by atoms with Crippen LogP contribution in [0.25, 0.3) is 0 Å². The predicted molar refractivity (Wildman–Crippen MR) is 109 cm³/mol. The lowest BCUT2D eigenvalue weighted by Gasteiger charge is -2.20. The Labute approximate surface area is 166 Å². The number of carbonyl (C=O) groups is 2. The summed E-state index contributed by atoms with van der Waals surface area (Å²) in [6.45, 7) is 0. The first-order valence-electron chi connectivity index (χ1n) is 8.46. The second kappa shape index (κ2) is 8.64. The molecule has 0 saturated heterocycles. The summed E-state index contributed by atoms with van der Waals surface area (Å²) in [6.07, 6.45) is 0.284. The van der Waals surface area contributed by atoms with Crippen molar-refractivity contribution in [3.05, 3.63) is 100 Å². The molecule has 27 heavy (non-hydrogen) atoms. The summed E-state index contributed by atoms with van der Waals surface area (Å²) in [5, 5.41) is 12.4. The van der Waals surface area contributed by atoms with Gasteiger partial charge in [-0.05, 0) is 42.0 Å². The highest BCUT2D eigenvalue weighted by atomic mass is 79.9. The van der Waals surface area contributed by atoms with Crippen LogP contribution < -0.4 is 5.32 Å². The molecule has 0 aliphatic heterocycles. The molecule has 136 valence electrons. The molecular formula is C22H18BrNO3. The lowest BCUT2D eigenvalue weighted by atomic mass is 9.97. The lowest BCUT2D eigenvalue weighted by Crippen LogP contribution is -2.16. The van der Waals surface area contributed by atoms with Crippen molar-refractivity contribution in [1.82, 2.24) is 0 Å². The number of anilines is 1. The summed E-state index contributed by atoms with van der Waals surface area (Å²) in [5.74, 6) is -0.927. The Morgan fingerprint density at radius 2 is 1.48 bits per heavy atom. The highest BCUT2D eigenvalue weighted by Crippen LogP contribution is 2.26. The summed E-state index contributed by atoms with van der Waals surface area (Å²) in [4.78, 5) is 23.7. The van der Waals surface area contributed by atoms with Gasteiger partial charge >= 0.3 is 5.97 Å². The topological polar surface area (TPSA) is 66.4 Å². The SMILES string of the molecule is O=C(O)c1ccc(NC(CC(=O)c2ccccc2)c2ccc(Br)cc2)cc1. The maximum atomic E-state index is 12.7. The predicted octanol–water partition coefficient (Wildman–Crippen LogP) is 5.57. The number of carboxylic acid groups (broad SMARTS) is 1. The van der Waals surface area contributed by atoms with Gasteiger partial charge < -0.3 is 10.4 Å². The third-order valence-electron chi connectivity index (χ3n) is 4.23. The molecule has 0 fully saturated rings. The van der Waals surface area contributed by atoms with Gasteiger partial charge in [0.15, 0.2) is 5.78 Å². The Balaban J connectivity index is 1.84. The molecule has 2 N–H and O–H groups in total. The van der Waals surface area contributed by atoms with Crippen LogP contribution in [0.1, 0.15) is 38.7 Å². The molecule has 0 radical (unpaired) electrons. The van der Waals surface area contributed by atoms with Crippen LogP contribution >= 0.6 is 15.9 Å². The van der Waals surface area contributed by atoms with Gasteiger partial charge in [-0.15, -0.1) is 0 Å². The van der Waals surface area contributed by atoms with Gasteiger partial charge in [0.2, 0.25) is 0 Å². The van der Waals surface area contributed by atoms with Gasteiger partial charge in [-0.2, -0.15) is 0 Å². The molecule has 0 spiro atoms. The van der Waals surface area contributed by atoms with E-state index in [1.54, 1.807) is 24.3 Å². The number of benzene rings is 3. The number of nitrogens with one attached hydrogen (secondary N) is 1.